The number of nitrogens with one attached hydrogen (secondary N) is 3. The summed E-state index contributed by atoms with van der Waals surface area (Å²) in [7, 11) is 1.83. The van der Waals surface area contributed by atoms with E-state index >= 15 is 0 Å². The summed E-state index contributed by atoms with van der Waals surface area (Å²) in [4.78, 5) is 4.31. The minimum absolute atomic E-state index is 0. The van der Waals surface area contributed by atoms with Crippen LogP contribution in [0.3, 0.4) is 0 Å². The Bertz CT molecular complexity index is 440. The summed E-state index contributed by atoms with van der Waals surface area (Å²) in [6.07, 6.45) is 4.58. The van der Waals surface area contributed by atoms with Gasteiger partial charge < -0.3 is 16.0 Å². The number of guanidine groups is 1. The van der Waals surface area contributed by atoms with Gasteiger partial charge in [-0.05, 0) is 42.9 Å². The maximum absolute atomic E-state index is 4.31. The van der Waals surface area contributed by atoms with E-state index in [1.54, 1.807) is 0 Å². The van der Waals surface area contributed by atoms with Crippen LogP contribution in [0.5, 0.6) is 0 Å². The molecule has 0 bridgehead atoms. The molecule has 1 atom stereocenters. The Balaban J connectivity index is 0.00000529. The number of benzene rings is 1. The molecule has 0 aliphatic heterocycles. The molecule has 6 heteroatoms. The molecule has 1 rings (SSSR count). The number of thioether (sulfide) groups is 1. The third-order valence-corrected chi connectivity index (χ3v) is 4.41. The number of hydrogen-bond donors (Lipinski definition) is 3. The predicted molar refractivity (Wildman–Crippen MR) is 121 cm³/mol. The van der Waals surface area contributed by atoms with Gasteiger partial charge in [-0.25, -0.2) is 0 Å². The minimum Gasteiger partial charge on any atom is -0.380 e. The van der Waals surface area contributed by atoms with Crippen molar-refractivity contribution in [2.45, 2.75) is 32.7 Å². The summed E-state index contributed by atoms with van der Waals surface area (Å²) in [5.74, 6) is 2.64. The lowest BCUT2D eigenvalue weighted by Crippen LogP contribution is -2.45. The number of nitrogens with zero attached hydrogens (tertiary/aromatic N) is 1. The highest BCUT2D eigenvalue weighted by Gasteiger charge is 2.13. The first kappa shape index (κ1) is 23.4. The lowest BCUT2D eigenvalue weighted by atomic mass is 10.0. The average Bonchev–Trinajstić information content (AvgIpc) is 2.56. The minimum atomic E-state index is 0. The molecule has 138 valence electrons. The summed E-state index contributed by atoms with van der Waals surface area (Å²) in [6, 6.07) is 10.7. The van der Waals surface area contributed by atoms with E-state index in [0.717, 1.165) is 24.7 Å². The highest BCUT2D eigenvalue weighted by atomic mass is 127. The van der Waals surface area contributed by atoms with Crippen LogP contribution in [0.4, 0.5) is 5.69 Å². The molecule has 4 nitrogen and oxygen atoms in total. The van der Waals surface area contributed by atoms with Crippen LogP contribution in [0.2, 0.25) is 0 Å². The smallest absolute Gasteiger partial charge is 0.191 e. The van der Waals surface area contributed by atoms with Crippen LogP contribution in [0.15, 0.2) is 35.3 Å². The van der Waals surface area contributed by atoms with Crippen LogP contribution in [-0.2, 0) is 0 Å². The van der Waals surface area contributed by atoms with Crippen molar-refractivity contribution in [2.75, 3.05) is 37.5 Å². The van der Waals surface area contributed by atoms with Crippen molar-refractivity contribution in [1.82, 2.24) is 10.6 Å². The first-order valence-electron chi connectivity index (χ1n) is 8.42. The predicted octanol–water partition coefficient (Wildman–Crippen LogP) is 4.05. The molecule has 0 spiro atoms. The molecule has 1 unspecified atom stereocenters. The maximum Gasteiger partial charge on any atom is 0.191 e. The molecule has 0 heterocycles. The van der Waals surface area contributed by atoms with Crippen LogP contribution in [0, 0.1) is 5.92 Å². The van der Waals surface area contributed by atoms with Crippen LogP contribution in [-0.4, -0.2) is 44.1 Å². The normalized spacial score (nSPS) is 12.5. The van der Waals surface area contributed by atoms with Gasteiger partial charge in [-0.2, -0.15) is 11.8 Å². The zero-order valence-corrected chi connectivity index (χ0v) is 18.5. The Morgan fingerprint density at radius 1 is 1.12 bits per heavy atom. The van der Waals surface area contributed by atoms with Gasteiger partial charge in [0.2, 0.25) is 0 Å². The van der Waals surface area contributed by atoms with Crippen molar-refractivity contribution in [3.63, 3.8) is 0 Å². The molecule has 0 aliphatic carbocycles. The lowest BCUT2D eigenvalue weighted by Gasteiger charge is -2.25. The van der Waals surface area contributed by atoms with Crippen LogP contribution in [0.25, 0.3) is 0 Å². The van der Waals surface area contributed by atoms with E-state index < -0.39 is 0 Å². The molecule has 24 heavy (non-hydrogen) atoms. The third-order valence-electron chi connectivity index (χ3n) is 3.71. The summed E-state index contributed by atoms with van der Waals surface area (Å²) >= 11 is 1.90. The first-order chi connectivity index (χ1) is 11.2. The van der Waals surface area contributed by atoms with Gasteiger partial charge in [-0.15, -0.1) is 24.0 Å². The Morgan fingerprint density at radius 3 is 2.42 bits per heavy atom. The van der Waals surface area contributed by atoms with Gasteiger partial charge in [-0.1, -0.05) is 32.0 Å². The molecule has 0 amide bonds. The Hall–Kier alpha value is -0.630. The highest BCUT2D eigenvalue weighted by Crippen LogP contribution is 2.11. The lowest BCUT2D eigenvalue weighted by molar-refractivity contribution is 0.512. The van der Waals surface area contributed by atoms with Crippen molar-refractivity contribution < 1.29 is 0 Å². The summed E-state index contributed by atoms with van der Waals surface area (Å²) in [5.41, 5.74) is 1.16. The van der Waals surface area contributed by atoms with Gasteiger partial charge in [0.1, 0.15) is 0 Å². The number of unbranched alkanes of at least 4 members (excludes halogenated alkanes) is 1. The SMILES string of the molecule is CN=C(NCCCCSC)NCC(Nc1ccccc1)C(C)C.I. The van der Waals surface area contributed by atoms with E-state index in [1.165, 1.54) is 18.6 Å². The largest absolute Gasteiger partial charge is 0.380 e. The van der Waals surface area contributed by atoms with Gasteiger partial charge in [0, 0.05) is 31.9 Å². The van der Waals surface area contributed by atoms with E-state index in [4.69, 9.17) is 0 Å². The zero-order chi connectivity index (χ0) is 16.9. The molecular formula is C18H33IN4S. The molecule has 1 aromatic rings. The van der Waals surface area contributed by atoms with Crippen molar-refractivity contribution in [1.29, 1.82) is 0 Å². The molecule has 0 aliphatic rings. The Kier molecular flexibility index (Phi) is 14.3. The fourth-order valence-electron chi connectivity index (χ4n) is 2.21. The van der Waals surface area contributed by atoms with Gasteiger partial charge in [0.25, 0.3) is 0 Å². The Labute approximate surface area is 169 Å². The maximum atomic E-state index is 4.31. The van der Waals surface area contributed by atoms with Crippen molar-refractivity contribution in [3.8, 4) is 0 Å². The monoisotopic (exact) mass is 464 g/mol. The number of halogens is 1. The molecule has 0 aromatic heterocycles. The molecule has 1 aromatic carbocycles. The molecule has 0 radical (unpaired) electrons. The third kappa shape index (κ3) is 10.3. The molecular weight excluding hydrogens is 431 g/mol. The molecule has 0 saturated heterocycles. The van der Waals surface area contributed by atoms with Gasteiger partial charge in [-0.3, -0.25) is 4.99 Å². The van der Waals surface area contributed by atoms with E-state index in [-0.39, 0.29) is 24.0 Å². The summed E-state index contributed by atoms with van der Waals surface area (Å²) in [5, 5.41) is 10.4. The molecule has 3 N–H and O–H groups in total. The number of rotatable bonds is 10. The summed E-state index contributed by atoms with van der Waals surface area (Å²) in [6.45, 7) is 6.29. The Morgan fingerprint density at radius 2 is 1.83 bits per heavy atom. The van der Waals surface area contributed by atoms with Crippen LogP contribution < -0.4 is 16.0 Å². The van der Waals surface area contributed by atoms with E-state index in [1.807, 2.05) is 24.9 Å². The average molecular weight is 464 g/mol. The van der Waals surface area contributed by atoms with E-state index in [9.17, 15) is 0 Å². The van der Waals surface area contributed by atoms with Crippen molar-refractivity contribution >= 4 is 47.4 Å². The molecule has 0 fully saturated rings. The zero-order valence-electron chi connectivity index (χ0n) is 15.3. The van der Waals surface area contributed by atoms with Crippen molar-refractivity contribution in [2.24, 2.45) is 10.9 Å². The number of aliphatic imine (C=N–C) groups is 1. The second kappa shape index (κ2) is 14.7. The highest BCUT2D eigenvalue weighted by molar-refractivity contribution is 14.0. The van der Waals surface area contributed by atoms with E-state index in [0.29, 0.717) is 12.0 Å². The van der Waals surface area contributed by atoms with E-state index in [2.05, 4.69) is 65.3 Å². The van der Waals surface area contributed by atoms with Gasteiger partial charge in [0.05, 0.1) is 0 Å². The van der Waals surface area contributed by atoms with Gasteiger partial charge in [0.15, 0.2) is 5.96 Å². The number of anilines is 1. The quantitative estimate of drug-likeness (QED) is 0.212. The fourth-order valence-corrected chi connectivity index (χ4v) is 2.70. The van der Waals surface area contributed by atoms with Crippen molar-refractivity contribution in [3.05, 3.63) is 30.3 Å². The van der Waals surface area contributed by atoms with Crippen LogP contribution >= 0.6 is 35.7 Å². The summed E-state index contributed by atoms with van der Waals surface area (Å²) < 4.78 is 0. The fraction of sp³-hybridized carbons (Fsp3) is 0.611. The second-order valence-corrected chi connectivity index (χ2v) is 6.93. The second-order valence-electron chi connectivity index (χ2n) is 5.94. The number of hydrogen-bond acceptors (Lipinski definition) is 3. The first-order valence-corrected chi connectivity index (χ1v) is 9.81. The topological polar surface area (TPSA) is 48.5 Å². The van der Waals surface area contributed by atoms with Gasteiger partial charge >= 0.3 is 0 Å². The van der Waals surface area contributed by atoms with Crippen LogP contribution in [0.1, 0.15) is 26.7 Å². The number of para-hydroxylation sites is 1. The molecule has 0 saturated carbocycles. The standard InChI is InChI=1S/C18H32N4S.HI/c1-15(2)17(22-16-10-6-5-7-11-16)14-21-18(19-3)20-12-8-9-13-23-4;/h5-7,10-11,15,17,22H,8-9,12-14H2,1-4H3,(H2,19,20,21);1H.